The Balaban J connectivity index is 2.05. The summed E-state index contributed by atoms with van der Waals surface area (Å²) in [6.45, 7) is 0.693. The molecule has 0 saturated carbocycles. The van der Waals surface area contributed by atoms with Crippen molar-refractivity contribution in [3.8, 4) is 10.6 Å². The molecule has 1 aliphatic carbocycles. The Morgan fingerprint density at radius 1 is 1.39 bits per heavy atom. The molecule has 2 aromatic rings. The third-order valence-corrected chi connectivity index (χ3v) is 4.95. The molecule has 2 nitrogen and oxygen atoms in total. The van der Waals surface area contributed by atoms with E-state index in [1.807, 2.05) is 24.3 Å². The molecule has 4 heteroatoms. The minimum absolute atomic E-state index is 0.432. The number of rotatable bonds is 2. The van der Waals surface area contributed by atoms with Crippen LogP contribution < -0.4 is 5.73 Å². The number of fused-ring (bicyclic) bond motifs is 1. The molecule has 1 aromatic carbocycles. The first-order chi connectivity index (χ1) is 8.79. The van der Waals surface area contributed by atoms with Crippen LogP contribution in [-0.4, -0.2) is 11.5 Å². The predicted octanol–water partition coefficient (Wildman–Crippen LogP) is 3.84. The molecular weight excluding hydrogens is 264 g/mol. The third kappa shape index (κ3) is 2.07. The van der Waals surface area contributed by atoms with Crippen molar-refractivity contribution in [1.29, 1.82) is 0 Å². The van der Waals surface area contributed by atoms with Crippen molar-refractivity contribution in [2.45, 2.75) is 25.2 Å². The van der Waals surface area contributed by atoms with E-state index in [1.54, 1.807) is 11.3 Å². The molecule has 0 aliphatic heterocycles. The first-order valence-electron chi connectivity index (χ1n) is 6.24. The third-order valence-electron chi connectivity index (χ3n) is 3.46. The summed E-state index contributed by atoms with van der Waals surface area (Å²) in [5, 5.41) is 1.80. The van der Waals surface area contributed by atoms with Gasteiger partial charge in [-0.2, -0.15) is 0 Å². The van der Waals surface area contributed by atoms with Gasteiger partial charge in [0.1, 0.15) is 5.01 Å². The van der Waals surface area contributed by atoms with Crippen LogP contribution in [0, 0.1) is 0 Å². The van der Waals surface area contributed by atoms with Crippen molar-refractivity contribution < 1.29 is 0 Å². The van der Waals surface area contributed by atoms with Crippen molar-refractivity contribution in [2.24, 2.45) is 5.73 Å². The summed E-state index contributed by atoms with van der Waals surface area (Å²) in [6, 6.07) is 7.89. The van der Waals surface area contributed by atoms with E-state index >= 15 is 0 Å². The Morgan fingerprint density at radius 2 is 2.22 bits per heavy atom. The Kier molecular flexibility index (Phi) is 3.37. The van der Waals surface area contributed by atoms with Crippen LogP contribution in [0.3, 0.4) is 0 Å². The molecular formula is C14H15ClN2S. The monoisotopic (exact) mass is 278 g/mol. The van der Waals surface area contributed by atoms with Crippen molar-refractivity contribution >= 4 is 22.9 Å². The topological polar surface area (TPSA) is 38.9 Å². The largest absolute Gasteiger partial charge is 0.330 e. The van der Waals surface area contributed by atoms with Gasteiger partial charge in [0.25, 0.3) is 0 Å². The van der Waals surface area contributed by atoms with Crippen LogP contribution in [0.4, 0.5) is 0 Å². The zero-order chi connectivity index (χ0) is 12.5. The zero-order valence-corrected chi connectivity index (χ0v) is 11.6. The van der Waals surface area contributed by atoms with Gasteiger partial charge in [-0.25, -0.2) is 4.98 Å². The van der Waals surface area contributed by atoms with Gasteiger partial charge in [-0.05, 0) is 25.3 Å². The lowest BCUT2D eigenvalue weighted by atomic mass is 9.91. The van der Waals surface area contributed by atoms with E-state index in [2.05, 4.69) is 0 Å². The number of halogens is 1. The molecule has 0 saturated heterocycles. The summed E-state index contributed by atoms with van der Waals surface area (Å²) in [4.78, 5) is 6.18. The minimum atomic E-state index is 0.432. The first kappa shape index (κ1) is 12.2. The SMILES string of the molecule is NCC1CCCc2sc(-c3ccccc3Cl)nc21. The second-order valence-electron chi connectivity index (χ2n) is 4.63. The molecule has 2 N–H and O–H groups in total. The number of benzene rings is 1. The second kappa shape index (κ2) is 5.00. The fourth-order valence-corrected chi connectivity index (χ4v) is 4.00. The smallest absolute Gasteiger partial charge is 0.125 e. The Hall–Kier alpha value is -0.900. The van der Waals surface area contributed by atoms with Crippen LogP contribution in [0.2, 0.25) is 5.02 Å². The fraction of sp³-hybridized carbons (Fsp3) is 0.357. The van der Waals surface area contributed by atoms with Gasteiger partial charge >= 0.3 is 0 Å². The maximum absolute atomic E-state index is 6.23. The van der Waals surface area contributed by atoms with E-state index in [9.17, 15) is 0 Å². The molecule has 0 spiro atoms. The summed E-state index contributed by atoms with van der Waals surface area (Å²) in [6.07, 6.45) is 3.52. The van der Waals surface area contributed by atoms with Crippen molar-refractivity contribution in [3.63, 3.8) is 0 Å². The molecule has 18 heavy (non-hydrogen) atoms. The second-order valence-corrected chi connectivity index (χ2v) is 6.12. The normalized spacial score (nSPS) is 18.7. The number of hydrogen-bond acceptors (Lipinski definition) is 3. The molecule has 0 amide bonds. The quantitative estimate of drug-likeness (QED) is 0.906. The average Bonchev–Trinajstić information content (AvgIpc) is 2.82. The van der Waals surface area contributed by atoms with Crippen molar-refractivity contribution in [2.75, 3.05) is 6.54 Å². The number of thiazole rings is 1. The molecule has 94 valence electrons. The van der Waals surface area contributed by atoms with E-state index in [0.29, 0.717) is 12.5 Å². The lowest BCUT2D eigenvalue weighted by Crippen LogP contribution is -2.17. The summed E-state index contributed by atoms with van der Waals surface area (Å²) in [5.41, 5.74) is 8.08. The highest BCUT2D eigenvalue weighted by molar-refractivity contribution is 7.15. The Morgan fingerprint density at radius 3 is 3.00 bits per heavy atom. The maximum atomic E-state index is 6.23. The van der Waals surface area contributed by atoms with E-state index in [-0.39, 0.29) is 0 Å². The van der Waals surface area contributed by atoms with E-state index < -0.39 is 0 Å². The molecule has 1 atom stereocenters. The minimum Gasteiger partial charge on any atom is -0.330 e. The lowest BCUT2D eigenvalue weighted by Gasteiger charge is -2.18. The van der Waals surface area contributed by atoms with Gasteiger partial charge in [-0.15, -0.1) is 11.3 Å². The van der Waals surface area contributed by atoms with E-state index in [4.69, 9.17) is 22.3 Å². The number of nitrogens with zero attached hydrogens (tertiary/aromatic N) is 1. The molecule has 0 bridgehead atoms. The van der Waals surface area contributed by atoms with Crippen LogP contribution in [-0.2, 0) is 6.42 Å². The zero-order valence-electron chi connectivity index (χ0n) is 10.0. The van der Waals surface area contributed by atoms with Gasteiger partial charge < -0.3 is 5.73 Å². The number of nitrogens with two attached hydrogens (primary N) is 1. The standard InChI is InChI=1S/C14H15ClN2S/c15-11-6-2-1-5-10(11)14-17-13-9(8-16)4-3-7-12(13)18-14/h1-2,5-6,9H,3-4,7-8,16H2. The summed E-state index contributed by atoms with van der Waals surface area (Å²) in [5.74, 6) is 0.432. The summed E-state index contributed by atoms with van der Waals surface area (Å²) < 4.78 is 0. The highest BCUT2D eigenvalue weighted by atomic mass is 35.5. The first-order valence-corrected chi connectivity index (χ1v) is 7.43. The molecule has 1 heterocycles. The highest BCUT2D eigenvalue weighted by Gasteiger charge is 2.24. The fourth-order valence-electron chi connectivity index (χ4n) is 2.49. The molecule has 1 aromatic heterocycles. The van der Waals surface area contributed by atoms with Crippen molar-refractivity contribution in [1.82, 2.24) is 4.98 Å². The maximum Gasteiger partial charge on any atom is 0.125 e. The van der Waals surface area contributed by atoms with Crippen LogP contribution >= 0.6 is 22.9 Å². The molecule has 0 radical (unpaired) electrons. The molecule has 1 aliphatic rings. The van der Waals surface area contributed by atoms with Crippen LogP contribution in [0.1, 0.15) is 29.3 Å². The van der Waals surface area contributed by atoms with E-state index in [1.165, 1.54) is 17.0 Å². The Labute approximate surface area is 116 Å². The summed E-state index contributed by atoms with van der Waals surface area (Å²) in [7, 11) is 0. The van der Waals surface area contributed by atoms with Crippen LogP contribution in [0.5, 0.6) is 0 Å². The Bertz CT molecular complexity index is 565. The van der Waals surface area contributed by atoms with Gasteiger partial charge in [-0.3, -0.25) is 0 Å². The average molecular weight is 279 g/mol. The van der Waals surface area contributed by atoms with Gasteiger partial charge in [0.2, 0.25) is 0 Å². The van der Waals surface area contributed by atoms with E-state index in [0.717, 1.165) is 28.4 Å². The number of aromatic nitrogens is 1. The van der Waals surface area contributed by atoms with Crippen LogP contribution in [0.25, 0.3) is 10.6 Å². The predicted molar refractivity (Wildman–Crippen MR) is 77.3 cm³/mol. The van der Waals surface area contributed by atoms with Crippen LogP contribution in [0.15, 0.2) is 24.3 Å². The highest BCUT2D eigenvalue weighted by Crippen LogP contribution is 2.39. The lowest BCUT2D eigenvalue weighted by molar-refractivity contribution is 0.554. The number of aryl methyl sites for hydroxylation is 1. The van der Waals surface area contributed by atoms with Gasteiger partial charge in [-0.1, -0.05) is 29.8 Å². The van der Waals surface area contributed by atoms with Crippen molar-refractivity contribution in [3.05, 3.63) is 39.9 Å². The molecule has 3 rings (SSSR count). The number of hydrogen-bond donors (Lipinski definition) is 1. The summed E-state index contributed by atoms with van der Waals surface area (Å²) >= 11 is 8.01. The molecule has 1 unspecified atom stereocenters. The van der Waals surface area contributed by atoms with Gasteiger partial charge in [0.05, 0.1) is 10.7 Å². The van der Waals surface area contributed by atoms with Gasteiger partial charge in [0, 0.05) is 22.9 Å². The van der Waals surface area contributed by atoms with Gasteiger partial charge in [0.15, 0.2) is 0 Å². The molecule has 0 fully saturated rings.